The van der Waals surface area contributed by atoms with E-state index in [2.05, 4.69) is 50.4 Å². The van der Waals surface area contributed by atoms with Crippen molar-refractivity contribution >= 4 is 0 Å². The Labute approximate surface area is 130 Å². The first-order chi connectivity index (χ1) is 10.2. The van der Waals surface area contributed by atoms with Crippen LogP contribution in [0.3, 0.4) is 0 Å². The highest BCUT2D eigenvalue weighted by atomic mass is 16.5. The lowest BCUT2D eigenvalue weighted by Crippen LogP contribution is -2.22. The Hall–Kier alpha value is -0.860. The van der Waals surface area contributed by atoms with Gasteiger partial charge in [-0.25, -0.2) is 0 Å². The van der Waals surface area contributed by atoms with Gasteiger partial charge in [0.05, 0.1) is 12.7 Å². The molecule has 2 rings (SSSR count). The minimum Gasteiger partial charge on any atom is -0.374 e. The van der Waals surface area contributed by atoms with Crippen LogP contribution in [0.1, 0.15) is 64.0 Å². The van der Waals surface area contributed by atoms with Crippen LogP contribution in [0.5, 0.6) is 0 Å². The third-order valence-corrected chi connectivity index (χ3v) is 4.54. The molecule has 2 heteroatoms. The van der Waals surface area contributed by atoms with Crippen LogP contribution in [0, 0.1) is 5.92 Å². The molecule has 1 aromatic rings. The Morgan fingerprint density at radius 1 is 1.14 bits per heavy atom. The molecule has 2 atom stereocenters. The van der Waals surface area contributed by atoms with Crippen LogP contribution in [0.4, 0.5) is 0 Å². The van der Waals surface area contributed by atoms with Crippen molar-refractivity contribution in [3.8, 4) is 0 Å². The van der Waals surface area contributed by atoms with E-state index in [1.807, 2.05) is 0 Å². The van der Waals surface area contributed by atoms with Crippen LogP contribution in [-0.2, 0) is 17.9 Å². The fraction of sp³-hybridized carbons (Fsp3) is 0.684. The lowest BCUT2D eigenvalue weighted by Gasteiger charge is -2.28. The van der Waals surface area contributed by atoms with Crippen LogP contribution in [0.2, 0.25) is 0 Å². The molecule has 0 spiro atoms. The first-order valence-corrected chi connectivity index (χ1v) is 8.60. The zero-order valence-electron chi connectivity index (χ0n) is 13.9. The average molecular weight is 289 g/mol. The third kappa shape index (κ3) is 5.80. The second-order valence-electron chi connectivity index (χ2n) is 6.73. The normalized spacial score (nSPS) is 22.7. The summed E-state index contributed by atoms with van der Waals surface area (Å²) >= 11 is 0. The summed E-state index contributed by atoms with van der Waals surface area (Å²) in [5.41, 5.74) is 2.64. The Balaban J connectivity index is 1.75. The molecular weight excluding hydrogens is 258 g/mol. The van der Waals surface area contributed by atoms with Crippen LogP contribution in [0.15, 0.2) is 24.3 Å². The molecule has 0 aromatic heterocycles. The first kappa shape index (κ1) is 16.5. The van der Waals surface area contributed by atoms with Gasteiger partial charge in [-0.1, -0.05) is 64.3 Å². The third-order valence-electron chi connectivity index (χ3n) is 4.54. The Morgan fingerprint density at radius 3 is 2.52 bits per heavy atom. The van der Waals surface area contributed by atoms with Crippen molar-refractivity contribution in [2.24, 2.45) is 5.92 Å². The topological polar surface area (TPSA) is 21.3 Å². The molecule has 118 valence electrons. The average Bonchev–Trinajstić information content (AvgIpc) is 2.52. The Bertz CT molecular complexity index is 399. The molecule has 0 radical (unpaired) electrons. The van der Waals surface area contributed by atoms with Crippen LogP contribution < -0.4 is 5.32 Å². The monoisotopic (exact) mass is 289 g/mol. The predicted octanol–water partition coefficient (Wildman–Crippen LogP) is 4.67. The largest absolute Gasteiger partial charge is 0.374 e. The molecule has 0 aliphatic heterocycles. The second kappa shape index (κ2) is 8.55. The van der Waals surface area contributed by atoms with E-state index in [-0.39, 0.29) is 0 Å². The summed E-state index contributed by atoms with van der Waals surface area (Å²) in [6.45, 7) is 8.36. The number of hydrogen-bond acceptors (Lipinski definition) is 2. The fourth-order valence-electron chi connectivity index (χ4n) is 3.05. The maximum Gasteiger partial charge on any atom is 0.0720 e. The van der Waals surface area contributed by atoms with Crippen molar-refractivity contribution in [1.29, 1.82) is 0 Å². The van der Waals surface area contributed by atoms with Gasteiger partial charge in [0.15, 0.2) is 0 Å². The van der Waals surface area contributed by atoms with E-state index in [1.54, 1.807) is 0 Å². The first-order valence-electron chi connectivity index (χ1n) is 8.60. The van der Waals surface area contributed by atoms with Gasteiger partial charge in [0, 0.05) is 12.6 Å². The molecule has 21 heavy (non-hydrogen) atoms. The van der Waals surface area contributed by atoms with Gasteiger partial charge in [-0.05, 0) is 29.9 Å². The summed E-state index contributed by atoms with van der Waals surface area (Å²) < 4.78 is 6.12. The number of nitrogens with one attached hydrogen (secondary N) is 1. The van der Waals surface area contributed by atoms with E-state index in [0.717, 1.165) is 19.1 Å². The van der Waals surface area contributed by atoms with Crippen molar-refractivity contribution in [2.45, 2.75) is 78.2 Å². The molecule has 0 saturated heterocycles. The smallest absolute Gasteiger partial charge is 0.0720 e. The molecule has 1 aliphatic rings. The number of benzene rings is 1. The zero-order valence-corrected chi connectivity index (χ0v) is 13.9. The molecule has 1 saturated carbocycles. The minimum absolute atomic E-state index is 0.478. The predicted molar refractivity (Wildman–Crippen MR) is 89.2 cm³/mol. The van der Waals surface area contributed by atoms with Gasteiger partial charge in [0.1, 0.15) is 0 Å². The standard InChI is InChI=1S/C19H31NO/c1-4-16-6-5-7-19(12-16)21-14-18-10-8-17(9-11-18)13-20-15(2)3/h8-11,15-16,19-20H,4-7,12-14H2,1-3H3. The van der Waals surface area contributed by atoms with E-state index >= 15 is 0 Å². The molecular formula is C19H31NO. The number of hydrogen-bond donors (Lipinski definition) is 1. The van der Waals surface area contributed by atoms with Gasteiger partial charge in [-0.2, -0.15) is 0 Å². The van der Waals surface area contributed by atoms with Gasteiger partial charge >= 0.3 is 0 Å². The van der Waals surface area contributed by atoms with Gasteiger partial charge in [-0.15, -0.1) is 0 Å². The summed E-state index contributed by atoms with van der Waals surface area (Å²) in [5, 5.41) is 3.44. The SMILES string of the molecule is CCC1CCCC(OCc2ccc(CNC(C)C)cc2)C1. The van der Waals surface area contributed by atoms with Crippen molar-refractivity contribution in [2.75, 3.05) is 0 Å². The van der Waals surface area contributed by atoms with Gasteiger partial charge in [0.25, 0.3) is 0 Å². The Kier molecular flexibility index (Phi) is 6.72. The molecule has 0 amide bonds. The van der Waals surface area contributed by atoms with Crippen LogP contribution >= 0.6 is 0 Å². The van der Waals surface area contributed by atoms with E-state index in [9.17, 15) is 0 Å². The highest BCUT2D eigenvalue weighted by molar-refractivity contribution is 5.22. The lowest BCUT2D eigenvalue weighted by atomic mass is 9.85. The molecule has 0 bridgehead atoms. The molecule has 2 unspecified atom stereocenters. The summed E-state index contributed by atoms with van der Waals surface area (Å²) in [7, 11) is 0. The van der Waals surface area contributed by atoms with E-state index < -0.39 is 0 Å². The summed E-state index contributed by atoms with van der Waals surface area (Å²) in [4.78, 5) is 0. The quantitative estimate of drug-likeness (QED) is 0.787. The summed E-state index contributed by atoms with van der Waals surface area (Å²) in [6.07, 6.45) is 7.01. The molecule has 1 N–H and O–H groups in total. The van der Waals surface area contributed by atoms with E-state index in [4.69, 9.17) is 4.74 Å². The molecule has 0 heterocycles. The van der Waals surface area contributed by atoms with Gasteiger partial charge < -0.3 is 10.1 Å². The summed E-state index contributed by atoms with van der Waals surface area (Å²) in [6, 6.07) is 9.37. The summed E-state index contributed by atoms with van der Waals surface area (Å²) in [5.74, 6) is 0.883. The van der Waals surface area contributed by atoms with Crippen molar-refractivity contribution < 1.29 is 4.74 Å². The van der Waals surface area contributed by atoms with Gasteiger partial charge in [0.2, 0.25) is 0 Å². The van der Waals surface area contributed by atoms with Crippen LogP contribution in [0.25, 0.3) is 0 Å². The van der Waals surface area contributed by atoms with E-state index in [1.165, 1.54) is 43.2 Å². The highest BCUT2D eigenvalue weighted by Crippen LogP contribution is 2.28. The maximum atomic E-state index is 6.12. The zero-order chi connectivity index (χ0) is 15.1. The lowest BCUT2D eigenvalue weighted by molar-refractivity contribution is 0.00176. The maximum absolute atomic E-state index is 6.12. The molecule has 1 aliphatic carbocycles. The minimum atomic E-state index is 0.478. The van der Waals surface area contributed by atoms with E-state index in [0.29, 0.717) is 12.1 Å². The molecule has 2 nitrogen and oxygen atoms in total. The van der Waals surface area contributed by atoms with Crippen molar-refractivity contribution in [3.63, 3.8) is 0 Å². The Morgan fingerprint density at radius 2 is 1.86 bits per heavy atom. The highest BCUT2D eigenvalue weighted by Gasteiger charge is 2.21. The number of rotatable bonds is 7. The molecule has 1 fully saturated rings. The number of ether oxygens (including phenoxy) is 1. The second-order valence-corrected chi connectivity index (χ2v) is 6.73. The van der Waals surface area contributed by atoms with Crippen molar-refractivity contribution in [3.05, 3.63) is 35.4 Å². The van der Waals surface area contributed by atoms with Crippen molar-refractivity contribution in [1.82, 2.24) is 5.32 Å². The molecule has 1 aromatic carbocycles. The van der Waals surface area contributed by atoms with Crippen LogP contribution in [-0.4, -0.2) is 12.1 Å². The fourth-order valence-corrected chi connectivity index (χ4v) is 3.05. The van der Waals surface area contributed by atoms with Gasteiger partial charge in [-0.3, -0.25) is 0 Å².